The van der Waals surface area contributed by atoms with Crippen molar-refractivity contribution in [2.75, 3.05) is 12.3 Å². The molecule has 1 aliphatic rings. The van der Waals surface area contributed by atoms with Gasteiger partial charge in [0.15, 0.2) is 0 Å². The number of nitrogens with two attached hydrogens (primary N) is 1. The number of carbonyl (C=O) groups is 2. The lowest BCUT2D eigenvalue weighted by molar-refractivity contribution is -0.143. The number of pyridine rings is 1. The highest BCUT2D eigenvalue weighted by atomic mass is 16.4. The van der Waals surface area contributed by atoms with Gasteiger partial charge in [0, 0.05) is 18.3 Å². The maximum Gasteiger partial charge on any atom is 0.308 e. The molecule has 0 aromatic carbocycles. The summed E-state index contributed by atoms with van der Waals surface area (Å²) in [5, 5.41) is 9.04. The Morgan fingerprint density at radius 1 is 1.53 bits per heavy atom. The lowest BCUT2D eigenvalue weighted by Gasteiger charge is -2.23. The second kappa shape index (κ2) is 5.26. The van der Waals surface area contributed by atoms with Gasteiger partial charge < -0.3 is 15.7 Å². The van der Waals surface area contributed by atoms with Crippen LogP contribution in [0, 0.1) is 5.92 Å². The van der Waals surface area contributed by atoms with Crippen LogP contribution in [0.15, 0.2) is 18.3 Å². The summed E-state index contributed by atoms with van der Waals surface area (Å²) in [6.07, 6.45) is 2.20. The number of carboxylic acid groups (broad SMARTS) is 1. The van der Waals surface area contributed by atoms with E-state index in [9.17, 15) is 9.59 Å². The van der Waals surface area contributed by atoms with Crippen molar-refractivity contribution < 1.29 is 14.7 Å². The molecule has 3 N–H and O–H groups in total. The standard InChI is InChI=1S/C13H17N3O3/c1-8-11(13(18)19)4-5-16(8)12(17)6-10-3-2-9(14)7-15-10/h2-3,7-8,11H,4-6,14H2,1H3,(H,18,19). The minimum atomic E-state index is -0.839. The summed E-state index contributed by atoms with van der Waals surface area (Å²) in [6.45, 7) is 2.27. The van der Waals surface area contributed by atoms with E-state index in [1.54, 1.807) is 24.0 Å². The molecule has 2 atom stereocenters. The van der Waals surface area contributed by atoms with Gasteiger partial charge >= 0.3 is 5.97 Å². The molecule has 2 heterocycles. The molecule has 1 aliphatic heterocycles. The van der Waals surface area contributed by atoms with Crippen LogP contribution in [-0.4, -0.2) is 39.5 Å². The van der Waals surface area contributed by atoms with Crippen molar-refractivity contribution >= 4 is 17.6 Å². The number of nitrogens with zero attached hydrogens (tertiary/aromatic N) is 2. The maximum absolute atomic E-state index is 12.1. The van der Waals surface area contributed by atoms with Crippen LogP contribution in [0.25, 0.3) is 0 Å². The van der Waals surface area contributed by atoms with Crippen molar-refractivity contribution in [3.63, 3.8) is 0 Å². The minimum Gasteiger partial charge on any atom is -0.481 e. The fraction of sp³-hybridized carbons (Fsp3) is 0.462. The predicted molar refractivity (Wildman–Crippen MR) is 69.3 cm³/mol. The third-order valence-corrected chi connectivity index (χ3v) is 3.57. The predicted octanol–water partition coefficient (Wildman–Crippen LogP) is 0.528. The van der Waals surface area contributed by atoms with Crippen molar-refractivity contribution in [3.8, 4) is 0 Å². The van der Waals surface area contributed by atoms with Gasteiger partial charge in [0.1, 0.15) is 0 Å². The quantitative estimate of drug-likeness (QED) is 0.829. The second-order valence-electron chi connectivity index (χ2n) is 4.82. The number of carboxylic acids is 1. The molecule has 6 nitrogen and oxygen atoms in total. The molecule has 0 saturated carbocycles. The Bertz CT molecular complexity index is 486. The van der Waals surface area contributed by atoms with Crippen molar-refractivity contribution in [3.05, 3.63) is 24.0 Å². The highest BCUT2D eigenvalue weighted by Crippen LogP contribution is 2.24. The zero-order chi connectivity index (χ0) is 14.0. The molecule has 0 spiro atoms. The van der Waals surface area contributed by atoms with Crippen molar-refractivity contribution in [2.24, 2.45) is 5.92 Å². The van der Waals surface area contributed by atoms with Crippen LogP contribution in [0.2, 0.25) is 0 Å². The Kier molecular flexibility index (Phi) is 3.69. The van der Waals surface area contributed by atoms with Crippen LogP contribution >= 0.6 is 0 Å². The van der Waals surface area contributed by atoms with Gasteiger partial charge in [-0.2, -0.15) is 0 Å². The normalized spacial score (nSPS) is 22.5. The molecular formula is C13H17N3O3. The van der Waals surface area contributed by atoms with Gasteiger partial charge in [-0.3, -0.25) is 14.6 Å². The SMILES string of the molecule is CC1C(C(=O)O)CCN1C(=O)Cc1ccc(N)cn1. The van der Waals surface area contributed by atoms with E-state index >= 15 is 0 Å². The number of amides is 1. The zero-order valence-electron chi connectivity index (χ0n) is 10.7. The average Bonchev–Trinajstić information content (AvgIpc) is 2.74. The summed E-state index contributed by atoms with van der Waals surface area (Å²) < 4.78 is 0. The Morgan fingerprint density at radius 2 is 2.26 bits per heavy atom. The Hall–Kier alpha value is -2.11. The van der Waals surface area contributed by atoms with Crippen LogP contribution in [0.4, 0.5) is 5.69 Å². The van der Waals surface area contributed by atoms with E-state index < -0.39 is 11.9 Å². The van der Waals surface area contributed by atoms with Crippen molar-refractivity contribution in [1.82, 2.24) is 9.88 Å². The van der Waals surface area contributed by atoms with Gasteiger partial charge in [0.25, 0.3) is 0 Å². The summed E-state index contributed by atoms with van der Waals surface area (Å²) in [6, 6.07) is 3.14. The van der Waals surface area contributed by atoms with Crippen LogP contribution in [-0.2, 0) is 16.0 Å². The number of anilines is 1. The number of rotatable bonds is 3. The molecule has 1 aromatic rings. The number of likely N-dealkylation sites (tertiary alicyclic amines) is 1. The first-order valence-corrected chi connectivity index (χ1v) is 6.21. The molecular weight excluding hydrogens is 246 g/mol. The minimum absolute atomic E-state index is 0.0893. The molecule has 1 aromatic heterocycles. The second-order valence-corrected chi connectivity index (χ2v) is 4.82. The number of carbonyl (C=O) groups excluding carboxylic acids is 1. The number of aliphatic carboxylic acids is 1. The Morgan fingerprint density at radius 3 is 2.79 bits per heavy atom. The van der Waals surface area contributed by atoms with E-state index in [4.69, 9.17) is 10.8 Å². The Labute approximate surface area is 111 Å². The van der Waals surface area contributed by atoms with E-state index in [-0.39, 0.29) is 18.4 Å². The Balaban J connectivity index is 2.01. The lowest BCUT2D eigenvalue weighted by atomic mass is 10.0. The molecule has 19 heavy (non-hydrogen) atoms. The molecule has 1 fully saturated rings. The smallest absolute Gasteiger partial charge is 0.308 e. The van der Waals surface area contributed by atoms with E-state index in [0.29, 0.717) is 24.3 Å². The third kappa shape index (κ3) is 2.83. The van der Waals surface area contributed by atoms with Gasteiger partial charge in [-0.15, -0.1) is 0 Å². The van der Waals surface area contributed by atoms with Crippen molar-refractivity contribution in [1.29, 1.82) is 0 Å². The van der Waals surface area contributed by atoms with Crippen molar-refractivity contribution in [2.45, 2.75) is 25.8 Å². The lowest BCUT2D eigenvalue weighted by Crippen LogP contribution is -2.38. The highest BCUT2D eigenvalue weighted by molar-refractivity contribution is 5.81. The summed E-state index contributed by atoms with van der Waals surface area (Å²) in [7, 11) is 0. The first-order valence-electron chi connectivity index (χ1n) is 6.21. The molecule has 1 amide bonds. The van der Waals surface area contributed by atoms with Gasteiger partial charge in [0.2, 0.25) is 5.91 Å². The summed E-state index contributed by atoms with van der Waals surface area (Å²) in [5.41, 5.74) is 6.73. The molecule has 2 rings (SSSR count). The summed E-state index contributed by atoms with van der Waals surface area (Å²) in [4.78, 5) is 28.9. The monoisotopic (exact) mass is 263 g/mol. The number of hydrogen-bond donors (Lipinski definition) is 2. The number of hydrogen-bond acceptors (Lipinski definition) is 4. The van der Waals surface area contributed by atoms with E-state index in [1.807, 2.05) is 0 Å². The van der Waals surface area contributed by atoms with Crippen LogP contribution in [0.1, 0.15) is 19.0 Å². The molecule has 0 radical (unpaired) electrons. The van der Waals surface area contributed by atoms with E-state index in [2.05, 4.69) is 4.98 Å². The van der Waals surface area contributed by atoms with Gasteiger partial charge in [-0.1, -0.05) is 0 Å². The fourth-order valence-corrected chi connectivity index (χ4v) is 2.42. The fourth-order valence-electron chi connectivity index (χ4n) is 2.42. The molecule has 0 aliphatic carbocycles. The maximum atomic E-state index is 12.1. The highest BCUT2D eigenvalue weighted by Gasteiger charge is 2.37. The van der Waals surface area contributed by atoms with Gasteiger partial charge in [0.05, 0.1) is 24.2 Å². The van der Waals surface area contributed by atoms with E-state index in [1.165, 1.54) is 6.20 Å². The van der Waals surface area contributed by atoms with Crippen LogP contribution in [0.5, 0.6) is 0 Å². The molecule has 2 unspecified atom stereocenters. The number of nitrogen functional groups attached to an aromatic ring is 1. The third-order valence-electron chi connectivity index (χ3n) is 3.57. The van der Waals surface area contributed by atoms with Crippen LogP contribution < -0.4 is 5.73 Å². The topological polar surface area (TPSA) is 96.5 Å². The largest absolute Gasteiger partial charge is 0.481 e. The van der Waals surface area contributed by atoms with Gasteiger partial charge in [-0.05, 0) is 25.5 Å². The van der Waals surface area contributed by atoms with E-state index in [0.717, 1.165) is 0 Å². The van der Waals surface area contributed by atoms with Crippen LogP contribution in [0.3, 0.4) is 0 Å². The summed E-state index contributed by atoms with van der Waals surface area (Å²) >= 11 is 0. The zero-order valence-corrected chi connectivity index (χ0v) is 10.7. The number of aromatic nitrogens is 1. The van der Waals surface area contributed by atoms with Gasteiger partial charge in [-0.25, -0.2) is 0 Å². The first kappa shape index (κ1) is 13.3. The average molecular weight is 263 g/mol. The molecule has 6 heteroatoms. The first-order chi connectivity index (χ1) is 8.99. The molecule has 1 saturated heterocycles. The summed E-state index contributed by atoms with van der Waals surface area (Å²) in [5.74, 6) is -1.40. The molecule has 0 bridgehead atoms. The molecule has 102 valence electrons.